The first-order chi connectivity index (χ1) is 8.61. The van der Waals surface area contributed by atoms with Gasteiger partial charge in [0.15, 0.2) is 0 Å². The molecule has 1 aliphatic heterocycles. The van der Waals surface area contributed by atoms with Gasteiger partial charge in [-0.2, -0.15) is 0 Å². The van der Waals surface area contributed by atoms with Crippen LogP contribution in [-0.4, -0.2) is 34.4 Å². The van der Waals surface area contributed by atoms with Gasteiger partial charge in [-0.15, -0.1) is 0 Å². The van der Waals surface area contributed by atoms with Crippen molar-refractivity contribution in [2.75, 3.05) is 18.9 Å². The van der Waals surface area contributed by atoms with Crippen molar-refractivity contribution in [3.05, 3.63) is 17.6 Å². The van der Waals surface area contributed by atoms with Gasteiger partial charge in [0.1, 0.15) is 11.6 Å². The average Bonchev–Trinajstić information content (AvgIpc) is 2.38. The second-order valence-electron chi connectivity index (χ2n) is 4.70. The van der Waals surface area contributed by atoms with Crippen LogP contribution < -0.4 is 5.32 Å². The molecule has 5 nitrogen and oxygen atoms in total. The molecular formula is C13H20N4O. The normalized spacial score (nSPS) is 19.7. The predicted molar refractivity (Wildman–Crippen MR) is 70.3 cm³/mol. The largest absolute Gasteiger partial charge is 0.373 e. The molecule has 0 aliphatic carbocycles. The molecule has 1 aliphatic rings. The fourth-order valence-corrected chi connectivity index (χ4v) is 2.51. The Morgan fingerprint density at radius 1 is 1.44 bits per heavy atom. The maximum atomic E-state index is 11.7. The van der Waals surface area contributed by atoms with Crippen LogP contribution in [0.1, 0.15) is 43.7 Å². The highest BCUT2D eigenvalue weighted by Gasteiger charge is 2.27. The molecule has 1 aromatic heterocycles. The molecule has 1 N–H and O–H groups in total. The van der Waals surface area contributed by atoms with Gasteiger partial charge < -0.3 is 10.2 Å². The number of aryl methyl sites for hydroxylation is 1. The van der Waals surface area contributed by atoms with Crippen LogP contribution in [0.2, 0.25) is 0 Å². The Bertz CT molecular complexity index is 447. The Kier molecular flexibility index (Phi) is 3.79. The maximum Gasteiger partial charge on any atom is 0.220 e. The molecule has 98 valence electrons. The van der Waals surface area contributed by atoms with E-state index < -0.39 is 0 Å². The van der Waals surface area contributed by atoms with E-state index in [1.54, 1.807) is 6.92 Å². The van der Waals surface area contributed by atoms with E-state index in [1.807, 2.05) is 24.9 Å². The molecule has 0 radical (unpaired) electrons. The van der Waals surface area contributed by atoms with E-state index in [0.717, 1.165) is 43.1 Å². The minimum Gasteiger partial charge on any atom is -0.373 e. The highest BCUT2D eigenvalue weighted by atomic mass is 16.2. The van der Waals surface area contributed by atoms with E-state index in [4.69, 9.17) is 0 Å². The molecule has 1 amide bonds. The summed E-state index contributed by atoms with van der Waals surface area (Å²) < 4.78 is 0. The Morgan fingerprint density at radius 2 is 2.22 bits per heavy atom. The van der Waals surface area contributed by atoms with Crippen molar-refractivity contribution in [1.29, 1.82) is 0 Å². The van der Waals surface area contributed by atoms with Crippen molar-refractivity contribution >= 4 is 11.7 Å². The second-order valence-corrected chi connectivity index (χ2v) is 4.70. The summed E-state index contributed by atoms with van der Waals surface area (Å²) in [6.45, 7) is 4.34. The highest BCUT2D eigenvalue weighted by Crippen LogP contribution is 2.30. The van der Waals surface area contributed by atoms with Gasteiger partial charge in [-0.05, 0) is 26.2 Å². The van der Waals surface area contributed by atoms with E-state index in [9.17, 15) is 4.79 Å². The van der Waals surface area contributed by atoms with Crippen molar-refractivity contribution in [1.82, 2.24) is 14.9 Å². The Balaban J connectivity index is 2.33. The number of amides is 1. The fraction of sp³-hybridized carbons (Fsp3) is 0.615. The van der Waals surface area contributed by atoms with Gasteiger partial charge in [0, 0.05) is 26.6 Å². The third-order valence-electron chi connectivity index (χ3n) is 3.36. The van der Waals surface area contributed by atoms with Crippen LogP contribution >= 0.6 is 0 Å². The van der Waals surface area contributed by atoms with Crippen molar-refractivity contribution in [3.63, 3.8) is 0 Å². The number of piperidine rings is 1. The molecule has 0 saturated carbocycles. The number of nitrogens with one attached hydrogen (secondary N) is 1. The molecule has 2 heterocycles. The van der Waals surface area contributed by atoms with Crippen molar-refractivity contribution < 1.29 is 4.79 Å². The first kappa shape index (κ1) is 12.8. The number of hydrogen-bond donors (Lipinski definition) is 1. The minimum absolute atomic E-state index is 0.102. The Hall–Kier alpha value is -1.65. The molecule has 5 heteroatoms. The number of carbonyl (C=O) groups is 1. The molecule has 0 unspecified atom stereocenters. The standard InChI is InChI=1S/C13H20N4O/c1-9-15-11(8-13(14-3)16-9)12-6-4-5-7-17(12)10(2)18/h8,12H,4-7H2,1-3H3,(H,14,15,16)/t12-/m1/s1. The van der Waals surface area contributed by atoms with E-state index in [0.29, 0.717) is 0 Å². The molecule has 2 rings (SSSR count). The average molecular weight is 248 g/mol. The smallest absolute Gasteiger partial charge is 0.220 e. The molecule has 18 heavy (non-hydrogen) atoms. The number of likely N-dealkylation sites (tertiary alicyclic amines) is 1. The topological polar surface area (TPSA) is 58.1 Å². The van der Waals surface area contributed by atoms with Crippen molar-refractivity contribution in [3.8, 4) is 0 Å². The maximum absolute atomic E-state index is 11.7. The molecule has 1 atom stereocenters. The van der Waals surface area contributed by atoms with Gasteiger partial charge in [0.05, 0.1) is 11.7 Å². The lowest BCUT2D eigenvalue weighted by Gasteiger charge is -2.34. The molecule has 1 aromatic rings. The summed E-state index contributed by atoms with van der Waals surface area (Å²) in [7, 11) is 1.84. The van der Waals surface area contributed by atoms with Crippen molar-refractivity contribution in [2.24, 2.45) is 0 Å². The summed E-state index contributed by atoms with van der Waals surface area (Å²) in [6, 6.07) is 2.05. The number of hydrogen-bond acceptors (Lipinski definition) is 4. The number of carbonyl (C=O) groups excluding carboxylic acids is 1. The third-order valence-corrected chi connectivity index (χ3v) is 3.36. The summed E-state index contributed by atoms with van der Waals surface area (Å²) in [6.07, 6.45) is 3.21. The predicted octanol–water partition coefficient (Wildman–Crippen LogP) is 1.90. The van der Waals surface area contributed by atoms with E-state index >= 15 is 0 Å². The zero-order valence-electron chi connectivity index (χ0n) is 11.2. The van der Waals surface area contributed by atoms with Gasteiger partial charge in [-0.25, -0.2) is 9.97 Å². The zero-order valence-corrected chi connectivity index (χ0v) is 11.2. The van der Waals surface area contributed by atoms with Crippen molar-refractivity contribution in [2.45, 2.75) is 39.2 Å². The summed E-state index contributed by atoms with van der Waals surface area (Å²) in [4.78, 5) is 22.4. The monoisotopic (exact) mass is 248 g/mol. The van der Waals surface area contributed by atoms with Gasteiger partial charge in [-0.3, -0.25) is 4.79 Å². The van der Waals surface area contributed by atoms with Crippen LogP contribution in [0.15, 0.2) is 6.07 Å². The lowest BCUT2D eigenvalue weighted by atomic mass is 9.99. The van der Waals surface area contributed by atoms with Gasteiger partial charge >= 0.3 is 0 Å². The lowest BCUT2D eigenvalue weighted by Crippen LogP contribution is -2.37. The fourth-order valence-electron chi connectivity index (χ4n) is 2.51. The summed E-state index contributed by atoms with van der Waals surface area (Å²) in [5.41, 5.74) is 0.946. The number of anilines is 1. The Labute approximate surface area is 108 Å². The van der Waals surface area contributed by atoms with Crippen LogP contribution in [0.5, 0.6) is 0 Å². The van der Waals surface area contributed by atoms with Gasteiger partial charge in [0.25, 0.3) is 0 Å². The summed E-state index contributed by atoms with van der Waals surface area (Å²) >= 11 is 0. The van der Waals surface area contributed by atoms with Gasteiger partial charge in [0.2, 0.25) is 5.91 Å². The number of aromatic nitrogens is 2. The molecule has 0 bridgehead atoms. The quantitative estimate of drug-likeness (QED) is 0.868. The molecule has 1 saturated heterocycles. The molecule has 0 spiro atoms. The molecule has 0 aromatic carbocycles. The van der Waals surface area contributed by atoms with Crippen LogP contribution in [0.3, 0.4) is 0 Å². The minimum atomic E-state index is 0.102. The Morgan fingerprint density at radius 3 is 2.89 bits per heavy atom. The first-order valence-corrected chi connectivity index (χ1v) is 6.42. The van der Waals surface area contributed by atoms with Crippen LogP contribution in [0, 0.1) is 6.92 Å². The van der Waals surface area contributed by atoms with E-state index in [2.05, 4.69) is 15.3 Å². The lowest BCUT2D eigenvalue weighted by molar-refractivity contribution is -0.132. The molecular weight excluding hydrogens is 228 g/mol. The highest BCUT2D eigenvalue weighted by molar-refractivity contribution is 5.73. The summed E-state index contributed by atoms with van der Waals surface area (Å²) in [5, 5.41) is 3.04. The second kappa shape index (κ2) is 5.33. The molecule has 1 fully saturated rings. The van der Waals surface area contributed by atoms with Crippen LogP contribution in [0.4, 0.5) is 5.82 Å². The van der Waals surface area contributed by atoms with Gasteiger partial charge in [-0.1, -0.05) is 0 Å². The zero-order chi connectivity index (χ0) is 13.1. The van der Waals surface area contributed by atoms with E-state index in [1.165, 1.54) is 0 Å². The SMILES string of the molecule is CNc1cc([C@H]2CCCCN2C(C)=O)nc(C)n1. The van der Waals surface area contributed by atoms with E-state index in [-0.39, 0.29) is 11.9 Å². The van der Waals surface area contributed by atoms with Crippen LogP contribution in [0.25, 0.3) is 0 Å². The number of rotatable bonds is 2. The third kappa shape index (κ3) is 2.60. The van der Waals surface area contributed by atoms with Crippen LogP contribution in [-0.2, 0) is 4.79 Å². The summed E-state index contributed by atoms with van der Waals surface area (Å²) in [5.74, 6) is 1.68. The first-order valence-electron chi connectivity index (χ1n) is 6.42. The number of nitrogens with zero attached hydrogens (tertiary/aromatic N) is 3.